The van der Waals surface area contributed by atoms with Gasteiger partial charge >= 0.3 is 5.97 Å². The number of piperidine rings is 1. The summed E-state index contributed by atoms with van der Waals surface area (Å²) >= 11 is 0. The van der Waals surface area contributed by atoms with Gasteiger partial charge in [-0.15, -0.1) is 0 Å². The number of aryl methyl sites for hydroxylation is 1. The molecule has 0 bridgehead atoms. The van der Waals surface area contributed by atoms with Gasteiger partial charge in [0.2, 0.25) is 11.7 Å². The number of hydrogen-bond acceptors (Lipinski definition) is 7. The highest BCUT2D eigenvalue weighted by atomic mass is 16.5. The summed E-state index contributed by atoms with van der Waals surface area (Å²) in [4.78, 5) is 31.0. The van der Waals surface area contributed by atoms with Crippen LogP contribution in [0.15, 0.2) is 59.1 Å². The third-order valence-corrected chi connectivity index (χ3v) is 5.85. The molecule has 0 amide bonds. The van der Waals surface area contributed by atoms with Crippen LogP contribution in [0.1, 0.15) is 41.1 Å². The van der Waals surface area contributed by atoms with Crippen LogP contribution in [0.25, 0.3) is 11.4 Å². The number of hydrogen-bond donors (Lipinski definition) is 0. The van der Waals surface area contributed by atoms with Gasteiger partial charge in [0.05, 0.1) is 19.2 Å². The van der Waals surface area contributed by atoms with Crippen LogP contribution in [-0.2, 0) is 22.5 Å². The van der Waals surface area contributed by atoms with Gasteiger partial charge < -0.3 is 9.26 Å². The highest BCUT2D eigenvalue weighted by Gasteiger charge is 2.26. The number of nitrogens with zero attached hydrogens (tertiary/aromatic N) is 3. The Morgan fingerprint density at radius 3 is 2.66 bits per heavy atom. The number of methoxy groups -OCH3 is 1. The molecule has 0 unspecified atom stereocenters. The maximum atomic E-state index is 12.7. The number of carbonyl (C=O) groups excluding carboxylic acids is 2. The van der Waals surface area contributed by atoms with Crippen LogP contribution in [0.2, 0.25) is 0 Å². The lowest BCUT2D eigenvalue weighted by atomic mass is 9.90. The first-order chi connectivity index (χ1) is 15.6. The molecule has 1 saturated heterocycles. The van der Waals surface area contributed by atoms with Crippen molar-refractivity contribution in [3.8, 4) is 11.4 Å². The molecule has 1 atom stereocenters. The van der Waals surface area contributed by atoms with Crippen LogP contribution in [0, 0.1) is 5.92 Å². The number of rotatable bonds is 8. The fourth-order valence-corrected chi connectivity index (χ4v) is 4.08. The van der Waals surface area contributed by atoms with E-state index in [1.54, 1.807) is 24.3 Å². The second kappa shape index (κ2) is 10.3. The lowest BCUT2D eigenvalue weighted by Gasteiger charge is -2.30. The van der Waals surface area contributed by atoms with E-state index in [9.17, 15) is 9.59 Å². The van der Waals surface area contributed by atoms with E-state index in [4.69, 9.17) is 9.26 Å². The van der Waals surface area contributed by atoms with Crippen molar-refractivity contribution in [2.24, 2.45) is 5.92 Å². The largest absolute Gasteiger partial charge is 0.465 e. The van der Waals surface area contributed by atoms with Crippen molar-refractivity contribution in [1.29, 1.82) is 0 Å². The number of esters is 1. The van der Waals surface area contributed by atoms with E-state index in [0.717, 1.165) is 37.9 Å². The molecular formula is C25H27N3O4. The van der Waals surface area contributed by atoms with E-state index in [1.165, 1.54) is 12.7 Å². The molecule has 1 aliphatic heterocycles. The number of benzene rings is 2. The molecule has 1 fully saturated rings. The van der Waals surface area contributed by atoms with Crippen molar-refractivity contribution >= 4 is 11.8 Å². The third-order valence-electron chi connectivity index (χ3n) is 5.85. The van der Waals surface area contributed by atoms with Crippen LogP contribution in [-0.4, -0.2) is 47.0 Å². The molecule has 7 heteroatoms. The van der Waals surface area contributed by atoms with Gasteiger partial charge in [0.25, 0.3) is 0 Å². The Morgan fingerprint density at radius 2 is 1.91 bits per heavy atom. The molecule has 2 aromatic carbocycles. The Hall–Kier alpha value is -3.32. The summed E-state index contributed by atoms with van der Waals surface area (Å²) in [7, 11) is 1.35. The van der Waals surface area contributed by atoms with Crippen LogP contribution >= 0.6 is 0 Å². The lowest BCUT2D eigenvalue weighted by Crippen LogP contribution is -2.38. The van der Waals surface area contributed by atoms with Gasteiger partial charge in [0.15, 0.2) is 0 Å². The fourth-order valence-electron chi connectivity index (χ4n) is 4.08. The summed E-state index contributed by atoms with van der Waals surface area (Å²) in [5, 5.41) is 4.07. The van der Waals surface area contributed by atoms with Crippen molar-refractivity contribution in [1.82, 2.24) is 15.0 Å². The highest BCUT2D eigenvalue weighted by molar-refractivity contribution is 5.89. The standard InChI is InChI=1S/C25H27N3O4/c1-31-25(30)20-12-10-19(11-13-20)24-26-23(32-27-24)17-28-15-5-8-21(16-28)22(29)14-9-18-6-3-2-4-7-18/h2-4,6-7,10-13,21H,5,8-9,14-17H2,1H3/t21-/m0/s1. The zero-order valence-corrected chi connectivity index (χ0v) is 18.2. The second-order valence-electron chi connectivity index (χ2n) is 8.11. The highest BCUT2D eigenvalue weighted by Crippen LogP contribution is 2.22. The van der Waals surface area contributed by atoms with Crippen LogP contribution < -0.4 is 0 Å². The van der Waals surface area contributed by atoms with E-state index in [0.29, 0.717) is 36.0 Å². The second-order valence-corrected chi connectivity index (χ2v) is 8.11. The van der Waals surface area contributed by atoms with Gasteiger partial charge in [-0.25, -0.2) is 4.79 Å². The van der Waals surface area contributed by atoms with Crippen LogP contribution in [0.4, 0.5) is 0 Å². The summed E-state index contributed by atoms with van der Waals surface area (Å²) in [6, 6.07) is 17.0. The van der Waals surface area contributed by atoms with Crippen LogP contribution in [0.3, 0.4) is 0 Å². The topological polar surface area (TPSA) is 85.5 Å². The minimum atomic E-state index is -0.386. The predicted molar refractivity (Wildman–Crippen MR) is 119 cm³/mol. The Kier molecular flexibility index (Phi) is 7.07. The van der Waals surface area contributed by atoms with Crippen molar-refractivity contribution < 1.29 is 18.8 Å². The lowest BCUT2D eigenvalue weighted by molar-refractivity contribution is -0.124. The van der Waals surface area contributed by atoms with Gasteiger partial charge in [0.1, 0.15) is 5.78 Å². The maximum absolute atomic E-state index is 12.7. The average molecular weight is 434 g/mol. The maximum Gasteiger partial charge on any atom is 0.337 e. The molecule has 2 heterocycles. The number of likely N-dealkylation sites (tertiary alicyclic amines) is 1. The summed E-state index contributed by atoms with van der Waals surface area (Å²) < 4.78 is 10.2. The molecule has 0 spiro atoms. The SMILES string of the molecule is COC(=O)c1ccc(-c2noc(CN3CCC[C@H](C(=O)CCc4ccccc4)C3)n2)cc1. The minimum Gasteiger partial charge on any atom is -0.465 e. The average Bonchev–Trinajstić information content (AvgIpc) is 3.31. The Morgan fingerprint density at radius 1 is 1.12 bits per heavy atom. The summed E-state index contributed by atoms with van der Waals surface area (Å²) in [5.41, 5.74) is 2.43. The van der Waals surface area contributed by atoms with Gasteiger partial charge in [-0.3, -0.25) is 9.69 Å². The van der Waals surface area contributed by atoms with Gasteiger partial charge in [-0.05, 0) is 43.5 Å². The van der Waals surface area contributed by atoms with E-state index in [2.05, 4.69) is 27.2 Å². The first-order valence-corrected chi connectivity index (χ1v) is 10.9. The molecule has 0 N–H and O–H groups in total. The molecule has 7 nitrogen and oxygen atoms in total. The normalized spacial score (nSPS) is 16.6. The molecule has 0 aliphatic carbocycles. The van der Waals surface area contributed by atoms with Crippen molar-refractivity contribution in [3.63, 3.8) is 0 Å². The Labute approximate surface area is 187 Å². The van der Waals surface area contributed by atoms with Gasteiger partial charge in [-0.1, -0.05) is 47.6 Å². The fraction of sp³-hybridized carbons (Fsp3) is 0.360. The molecule has 32 heavy (non-hydrogen) atoms. The van der Waals surface area contributed by atoms with E-state index < -0.39 is 0 Å². The number of ether oxygens (including phenoxy) is 1. The summed E-state index contributed by atoms with van der Waals surface area (Å²) in [6.07, 6.45) is 3.29. The molecular weight excluding hydrogens is 406 g/mol. The third kappa shape index (κ3) is 5.48. The van der Waals surface area contributed by atoms with E-state index in [-0.39, 0.29) is 11.9 Å². The zero-order chi connectivity index (χ0) is 22.3. The number of aromatic nitrogens is 2. The van der Waals surface area contributed by atoms with Gasteiger partial charge in [0, 0.05) is 24.4 Å². The van der Waals surface area contributed by atoms with E-state index >= 15 is 0 Å². The van der Waals surface area contributed by atoms with Gasteiger partial charge in [-0.2, -0.15) is 4.98 Å². The van der Waals surface area contributed by atoms with Crippen molar-refractivity contribution in [2.45, 2.75) is 32.2 Å². The van der Waals surface area contributed by atoms with Crippen molar-refractivity contribution in [2.75, 3.05) is 20.2 Å². The Bertz CT molecular complexity index is 1050. The monoisotopic (exact) mass is 433 g/mol. The zero-order valence-electron chi connectivity index (χ0n) is 18.2. The van der Waals surface area contributed by atoms with Crippen LogP contribution in [0.5, 0.6) is 0 Å². The first-order valence-electron chi connectivity index (χ1n) is 10.9. The number of Topliss-reactive ketones (excluding diaryl/α,β-unsaturated/α-hetero) is 1. The summed E-state index contributed by atoms with van der Waals surface area (Å²) in [5.74, 6) is 0.998. The molecule has 166 valence electrons. The summed E-state index contributed by atoms with van der Waals surface area (Å²) in [6.45, 7) is 2.16. The van der Waals surface area contributed by atoms with E-state index in [1.807, 2.05) is 18.2 Å². The quantitative estimate of drug-likeness (QED) is 0.498. The van der Waals surface area contributed by atoms with Crippen molar-refractivity contribution in [3.05, 3.63) is 71.6 Å². The minimum absolute atomic E-state index is 0.0562. The molecule has 1 aromatic heterocycles. The number of carbonyl (C=O) groups is 2. The molecule has 1 aliphatic rings. The Balaban J connectivity index is 1.32. The predicted octanol–water partition coefficient (Wildman–Crippen LogP) is 3.94. The first kappa shape index (κ1) is 21.9. The molecule has 3 aromatic rings. The smallest absolute Gasteiger partial charge is 0.337 e. The molecule has 0 radical (unpaired) electrons. The number of ketones is 1. The molecule has 4 rings (SSSR count). The molecule has 0 saturated carbocycles.